The molecule has 3 aliphatic rings. The Bertz CT molecular complexity index is 782. The van der Waals surface area contributed by atoms with Crippen LogP contribution in [0.25, 0.3) is 0 Å². The molecule has 7 heteroatoms. The Morgan fingerprint density at radius 2 is 2.00 bits per heavy atom. The fraction of sp³-hybridized carbons (Fsp3) is 0.550. The molecule has 2 N–H and O–H groups in total. The number of nitrogens with two attached hydrogens (primary N) is 1. The second-order valence-electron chi connectivity index (χ2n) is 7.60. The quantitative estimate of drug-likeness (QED) is 0.872. The van der Waals surface area contributed by atoms with Gasteiger partial charge in [-0.2, -0.15) is 0 Å². The number of amides is 1. The first-order valence-corrected chi connectivity index (χ1v) is 9.37. The topological polar surface area (TPSA) is 68.0 Å². The van der Waals surface area contributed by atoms with E-state index in [0.717, 1.165) is 30.9 Å². The molecule has 27 heavy (non-hydrogen) atoms. The van der Waals surface area contributed by atoms with E-state index >= 15 is 0 Å². The Morgan fingerprint density at radius 1 is 1.26 bits per heavy atom. The van der Waals surface area contributed by atoms with Gasteiger partial charge >= 0.3 is 0 Å². The highest BCUT2D eigenvalue weighted by Crippen LogP contribution is 2.42. The van der Waals surface area contributed by atoms with Crippen LogP contribution >= 0.6 is 0 Å². The molecule has 4 rings (SSSR count). The van der Waals surface area contributed by atoms with Crippen molar-refractivity contribution >= 4 is 5.91 Å². The monoisotopic (exact) mass is 375 g/mol. The smallest absolute Gasteiger partial charge is 0.227 e. The van der Waals surface area contributed by atoms with Crippen LogP contribution < -0.4 is 15.2 Å². The highest BCUT2D eigenvalue weighted by atomic mass is 19.1. The van der Waals surface area contributed by atoms with Gasteiger partial charge in [0.15, 0.2) is 11.5 Å². The summed E-state index contributed by atoms with van der Waals surface area (Å²) in [4.78, 5) is 16.5. The number of hydrogen-bond acceptors (Lipinski definition) is 5. The normalized spacial score (nSPS) is 29.6. The molecule has 1 aromatic carbocycles. The summed E-state index contributed by atoms with van der Waals surface area (Å²) in [5.74, 6) is 1.44. The molecule has 6 nitrogen and oxygen atoms in total. The van der Waals surface area contributed by atoms with E-state index in [9.17, 15) is 9.18 Å². The van der Waals surface area contributed by atoms with E-state index in [2.05, 4.69) is 17.0 Å². The molecule has 146 valence electrons. The van der Waals surface area contributed by atoms with Crippen LogP contribution in [-0.4, -0.2) is 61.6 Å². The maximum atomic E-state index is 12.9. The minimum atomic E-state index is -0.145. The first-order valence-electron chi connectivity index (χ1n) is 9.37. The third kappa shape index (κ3) is 3.08. The van der Waals surface area contributed by atoms with E-state index in [4.69, 9.17) is 15.2 Å². The van der Waals surface area contributed by atoms with Crippen LogP contribution in [0.3, 0.4) is 0 Å². The predicted molar refractivity (Wildman–Crippen MR) is 99.5 cm³/mol. The number of methoxy groups -OCH3 is 2. The summed E-state index contributed by atoms with van der Waals surface area (Å²) in [6.45, 7) is 1.98. The zero-order valence-electron chi connectivity index (χ0n) is 15.8. The molecular weight excluding hydrogens is 349 g/mol. The molecule has 3 heterocycles. The number of likely N-dealkylation sites (tertiary alicyclic amines) is 1. The van der Waals surface area contributed by atoms with Gasteiger partial charge in [0.05, 0.1) is 33.0 Å². The van der Waals surface area contributed by atoms with Crippen LogP contribution in [0.2, 0.25) is 0 Å². The van der Waals surface area contributed by atoms with Crippen molar-refractivity contribution in [2.75, 3.05) is 33.9 Å². The molecule has 0 aromatic heterocycles. The van der Waals surface area contributed by atoms with E-state index < -0.39 is 0 Å². The average Bonchev–Trinajstić information content (AvgIpc) is 3.06. The summed E-state index contributed by atoms with van der Waals surface area (Å²) >= 11 is 0. The van der Waals surface area contributed by atoms with Crippen molar-refractivity contribution in [3.8, 4) is 11.5 Å². The maximum Gasteiger partial charge on any atom is 0.227 e. The van der Waals surface area contributed by atoms with Gasteiger partial charge in [0, 0.05) is 31.7 Å². The van der Waals surface area contributed by atoms with E-state index in [1.165, 1.54) is 11.1 Å². The molecule has 3 atom stereocenters. The van der Waals surface area contributed by atoms with Gasteiger partial charge in [-0.1, -0.05) is 0 Å². The van der Waals surface area contributed by atoms with E-state index in [-0.39, 0.29) is 30.5 Å². The van der Waals surface area contributed by atoms with Crippen molar-refractivity contribution in [2.45, 2.75) is 37.4 Å². The van der Waals surface area contributed by atoms with Gasteiger partial charge in [0.25, 0.3) is 0 Å². The molecule has 0 radical (unpaired) electrons. The lowest BCUT2D eigenvalue weighted by Crippen LogP contribution is -2.60. The van der Waals surface area contributed by atoms with Crippen LogP contribution in [0.5, 0.6) is 11.5 Å². The summed E-state index contributed by atoms with van der Waals surface area (Å²) in [6, 6.07) is 4.10. The van der Waals surface area contributed by atoms with Crippen molar-refractivity contribution in [2.24, 2.45) is 5.73 Å². The Morgan fingerprint density at radius 3 is 2.67 bits per heavy atom. The maximum absolute atomic E-state index is 12.9. The average molecular weight is 375 g/mol. The minimum absolute atomic E-state index is 0.0263. The summed E-state index contributed by atoms with van der Waals surface area (Å²) in [5, 5.41) is 0. The standard InChI is InChI=1S/C20H26FN3O3/c1-26-18-6-13-3-4-23-11-17(24-10-12(9-21)5-20(24)25)15(22)8-16(23)14(13)7-19(18)27-2/h6-7,9,15-17H,3-5,8,10-11,22H2,1-2H3/b12-9+/t15-,16-,17-/m0/s1. The predicted octanol–water partition coefficient (Wildman–Crippen LogP) is 1.79. The fourth-order valence-corrected chi connectivity index (χ4v) is 4.73. The Hall–Kier alpha value is -2.12. The van der Waals surface area contributed by atoms with Crippen LogP contribution in [0.1, 0.15) is 30.0 Å². The number of ether oxygens (including phenoxy) is 2. The molecule has 0 spiro atoms. The largest absolute Gasteiger partial charge is 0.493 e. The fourth-order valence-electron chi connectivity index (χ4n) is 4.73. The number of rotatable bonds is 3. The second-order valence-corrected chi connectivity index (χ2v) is 7.60. The SMILES string of the molecule is COc1cc2c(cc1OC)[C@@H]1C[C@H](N)[C@@H](N3C/C(=C/F)CC3=O)CN1CC2. The van der Waals surface area contributed by atoms with Crippen LogP contribution in [0.15, 0.2) is 24.0 Å². The summed E-state index contributed by atoms with van der Waals surface area (Å²) in [6.07, 6.45) is 2.40. The van der Waals surface area contributed by atoms with Gasteiger partial charge in [0.1, 0.15) is 0 Å². The Kier molecular flexibility index (Phi) is 4.82. The number of carbonyl (C=O) groups excluding carboxylic acids is 1. The van der Waals surface area contributed by atoms with Gasteiger partial charge in [-0.3, -0.25) is 9.69 Å². The van der Waals surface area contributed by atoms with Crippen molar-refractivity contribution in [3.63, 3.8) is 0 Å². The first-order chi connectivity index (χ1) is 13.0. The van der Waals surface area contributed by atoms with Crippen molar-refractivity contribution in [1.82, 2.24) is 9.80 Å². The van der Waals surface area contributed by atoms with E-state index in [1.807, 2.05) is 0 Å². The number of piperidine rings is 1. The zero-order valence-corrected chi connectivity index (χ0v) is 15.8. The third-order valence-corrected chi connectivity index (χ3v) is 6.15. The lowest BCUT2D eigenvalue weighted by molar-refractivity contribution is -0.131. The lowest BCUT2D eigenvalue weighted by atomic mass is 9.83. The number of hydrogen-bond donors (Lipinski definition) is 1. The number of fused-ring (bicyclic) bond motifs is 3. The molecule has 2 saturated heterocycles. The Balaban J connectivity index is 1.59. The molecule has 0 saturated carbocycles. The van der Waals surface area contributed by atoms with E-state index in [1.54, 1.807) is 19.1 Å². The van der Waals surface area contributed by atoms with Gasteiger partial charge < -0.3 is 20.1 Å². The third-order valence-electron chi connectivity index (χ3n) is 6.15. The summed E-state index contributed by atoms with van der Waals surface area (Å²) < 4.78 is 23.8. The Labute approximate surface area is 158 Å². The molecule has 3 aliphatic heterocycles. The van der Waals surface area contributed by atoms with Crippen molar-refractivity contribution < 1.29 is 18.7 Å². The van der Waals surface area contributed by atoms with Crippen LogP contribution in [0.4, 0.5) is 4.39 Å². The molecule has 0 bridgehead atoms. The number of carbonyl (C=O) groups is 1. The lowest BCUT2D eigenvalue weighted by Gasteiger charge is -2.48. The second kappa shape index (κ2) is 7.13. The number of benzene rings is 1. The summed E-state index contributed by atoms with van der Waals surface area (Å²) in [5.41, 5.74) is 9.54. The minimum Gasteiger partial charge on any atom is -0.493 e. The summed E-state index contributed by atoms with van der Waals surface area (Å²) in [7, 11) is 3.29. The highest BCUT2D eigenvalue weighted by molar-refractivity contribution is 5.82. The molecular formula is C20H26FN3O3. The molecule has 0 unspecified atom stereocenters. The number of halogens is 1. The molecule has 1 amide bonds. The van der Waals surface area contributed by atoms with Crippen LogP contribution in [0, 0.1) is 0 Å². The van der Waals surface area contributed by atoms with E-state index in [0.29, 0.717) is 25.0 Å². The highest BCUT2D eigenvalue weighted by Gasteiger charge is 2.43. The van der Waals surface area contributed by atoms with Gasteiger partial charge in [-0.15, -0.1) is 0 Å². The van der Waals surface area contributed by atoms with Gasteiger partial charge in [-0.05, 0) is 41.7 Å². The molecule has 1 aromatic rings. The first kappa shape index (κ1) is 18.3. The van der Waals surface area contributed by atoms with Gasteiger partial charge in [-0.25, -0.2) is 4.39 Å². The molecule has 2 fully saturated rings. The number of nitrogens with zero attached hydrogens (tertiary/aromatic N) is 2. The van der Waals surface area contributed by atoms with Crippen molar-refractivity contribution in [3.05, 3.63) is 35.2 Å². The van der Waals surface area contributed by atoms with Gasteiger partial charge in [0.2, 0.25) is 5.91 Å². The molecule has 0 aliphatic carbocycles. The van der Waals surface area contributed by atoms with Crippen molar-refractivity contribution in [1.29, 1.82) is 0 Å². The zero-order chi connectivity index (χ0) is 19.1. The van der Waals surface area contributed by atoms with Crippen LogP contribution in [-0.2, 0) is 11.2 Å².